The van der Waals surface area contributed by atoms with Gasteiger partial charge >= 0.3 is 6.09 Å². The van der Waals surface area contributed by atoms with Gasteiger partial charge in [0.2, 0.25) is 0 Å². The Morgan fingerprint density at radius 1 is 1.05 bits per heavy atom. The molecule has 1 heterocycles. The Balaban J connectivity index is 1.61. The summed E-state index contributed by atoms with van der Waals surface area (Å²) < 4.78 is 34.8. The van der Waals surface area contributed by atoms with E-state index in [2.05, 4.69) is 6.07 Å². The van der Waals surface area contributed by atoms with E-state index < -0.39 is 21.7 Å². The van der Waals surface area contributed by atoms with Crippen molar-refractivity contribution >= 4 is 23.2 Å². The summed E-state index contributed by atoms with van der Waals surface area (Å²) in [5.74, 6) is 1.63. The number of carbonyl (C=O) groups is 1. The summed E-state index contributed by atoms with van der Waals surface area (Å²) in [6, 6.07) is 13.9. The minimum atomic E-state index is -1.41. The maximum atomic E-state index is 13.2. The van der Waals surface area contributed by atoms with Gasteiger partial charge in [-0.3, -0.25) is 0 Å². The van der Waals surface area contributed by atoms with Gasteiger partial charge in [-0.1, -0.05) is 28.7 Å². The van der Waals surface area contributed by atoms with Crippen LogP contribution in [0.1, 0.15) is 71.1 Å². The van der Waals surface area contributed by atoms with E-state index in [0.29, 0.717) is 19.7 Å². The Morgan fingerprint density at radius 2 is 1.71 bits per heavy atom. The number of carbonyl (C=O) groups excluding carboxylic acids is 1. The number of ether oxygens (including phenoxy) is 3. The molecule has 0 aromatic heterocycles. The van der Waals surface area contributed by atoms with Crippen LogP contribution in [0.2, 0.25) is 0 Å². The van der Waals surface area contributed by atoms with Crippen LogP contribution in [0.5, 0.6) is 11.5 Å². The van der Waals surface area contributed by atoms with Crippen molar-refractivity contribution in [2.45, 2.75) is 77.8 Å². The molecule has 38 heavy (non-hydrogen) atoms. The van der Waals surface area contributed by atoms with E-state index in [1.807, 2.05) is 77.9 Å². The van der Waals surface area contributed by atoms with E-state index in [0.717, 1.165) is 53.2 Å². The first-order valence-corrected chi connectivity index (χ1v) is 14.3. The molecule has 1 unspecified atom stereocenters. The second-order valence-corrected chi connectivity index (χ2v) is 14.1. The fourth-order valence-corrected chi connectivity index (χ4v) is 5.65. The number of piperidine rings is 1. The first-order valence-electron chi connectivity index (χ1n) is 13.2. The summed E-state index contributed by atoms with van der Waals surface area (Å²) in [7, 11) is 1.65. The van der Waals surface area contributed by atoms with E-state index >= 15 is 0 Å². The highest BCUT2D eigenvalue weighted by Gasteiger charge is 2.49. The van der Waals surface area contributed by atoms with Crippen molar-refractivity contribution in [2.24, 2.45) is 9.81 Å². The third kappa shape index (κ3) is 6.29. The second kappa shape index (κ2) is 10.8. The van der Waals surface area contributed by atoms with Gasteiger partial charge in [0.25, 0.3) is 0 Å². The van der Waals surface area contributed by atoms with Gasteiger partial charge in [-0.15, -0.1) is 0 Å². The summed E-state index contributed by atoms with van der Waals surface area (Å²) >= 11 is -1.41. The summed E-state index contributed by atoms with van der Waals surface area (Å²) in [6.07, 6.45) is 1.89. The molecule has 1 saturated heterocycles. The number of hydrogen-bond donors (Lipinski definition) is 0. The summed E-state index contributed by atoms with van der Waals surface area (Å²) in [6.45, 7) is 13.0. The lowest BCUT2D eigenvalue weighted by molar-refractivity contribution is 0.0159. The number of hydrogen-bond acceptors (Lipinski definition) is 6. The zero-order valence-corrected chi connectivity index (χ0v) is 24.4. The van der Waals surface area contributed by atoms with Gasteiger partial charge in [0.1, 0.15) is 45.5 Å². The number of nitrogens with zero attached hydrogens (tertiary/aromatic N) is 2. The van der Waals surface area contributed by atoms with Crippen LogP contribution in [0, 0.1) is 5.41 Å². The van der Waals surface area contributed by atoms with Gasteiger partial charge in [0.15, 0.2) is 0 Å². The monoisotopic (exact) mass is 540 g/mol. The molecule has 1 aliphatic heterocycles. The van der Waals surface area contributed by atoms with Gasteiger partial charge in [-0.25, -0.2) is 4.79 Å². The fourth-order valence-electron chi connectivity index (χ4n) is 4.92. The molecule has 7 nitrogen and oxygen atoms in total. The normalized spacial score (nSPS) is 18.8. The van der Waals surface area contributed by atoms with E-state index in [1.165, 1.54) is 0 Å². The SMILES string of the molecule is COc1ccc(COc2cccc3c2CC2(CCN(C(=O)OC(C)(C)C)CC2)C3=N[S+]([O-])C(C)(C)C)cc1. The zero-order chi connectivity index (χ0) is 27.7. The minimum absolute atomic E-state index is 0.289. The predicted molar refractivity (Wildman–Crippen MR) is 151 cm³/mol. The molecule has 0 N–H and O–H groups in total. The Labute approximate surface area is 229 Å². The highest BCUT2D eigenvalue weighted by molar-refractivity contribution is 7.91. The molecule has 1 spiro atoms. The number of fused-ring (bicyclic) bond motifs is 1. The highest BCUT2D eigenvalue weighted by Crippen LogP contribution is 2.48. The van der Waals surface area contributed by atoms with Crippen LogP contribution in [0.15, 0.2) is 46.9 Å². The van der Waals surface area contributed by atoms with Crippen molar-refractivity contribution < 1.29 is 23.6 Å². The van der Waals surface area contributed by atoms with Crippen LogP contribution in [0.3, 0.4) is 0 Å². The largest absolute Gasteiger partial charge is 0.591 e. The van der Waals surface area contributed by atoms with Crippen LogP contribution in [-0.2, 0) is 29.1 Å². The number of rotatable bonds is 5. The van der Waals surface area contributed by atoms with Crippen LogP contribution >= 0.6 is 0 Å². The van der Waals surface area contributed by atoms with Crippen molar-refractivity contribution in [3.05, 3.63) is 59.2 Å². The van der Waals surface area contributed by atoms with Crippen LogP contribution in [-0.4, -0.2) is 51.8 Å². The zero-order valence-electron chi connectivity index (χ0n) is 23.6. The molecular formula is C30H40N2O5S. The molecule has 4 rings (SSSR count). The molecule has 8 heteroatoms. The molecule has 1 aliphatic carbocycles. The summed E-state index contributed by atoms with van der Waals surface area (Å²) in [5, 5.41) is 0. The molecule has 0 saturated carbocycles. The number of methoxy groups -OCH3 is 1. The molecular weight excluding hydrogens is 500 g/mol. The van der Waals surface area contributed by atoms with Crippen molar-refractivity contribution in [1.82, 2.24) is 4.90 Å². The molecule has 2 aromatic rings. The number of amides is 1. The molecule has 2 aromatic carbocycles. The molecule has 1 amide bonds. The molecule has 1 atom stereocenters. The standard InChI is InChI=1S/C30H40N2O5S/c1-28(2,3)37-27(33)32-17-15-30(16-18-32)19-24-23(26(30)31-38(34)29(4,5)6)9-8-10-25(24)36-20-21-11-13-22(35-7)14-12-21/h8-14H,15-20H2,1-7H3. The van der Waals surface area contributed by atoms with Crippen LogP contribution in [0.4, 0.5) is 4.79 Å². The third-order valence-electron chi connectivity index (χ3n) is 7.03. The van der Waals surface area contributed by atoms with E-state index in [1.54, 1.807) is 12.0 Å². The Bertz CT molecular complexity index is 1170. The van der Waals surface area contributed by atoms with Crippen molar-refractivity contribution in [3.63, 3.8) is 0 Å². The Morgan fingerprint density at radius 3 is 2.29 bits per heavy atom. The Hall–Kier alpha value is -2.71. The van der Waals surface area contributed by atoms with Crippen molar-refractivity contribution in [2.75, 3.05) is 20.2 Å². The van der Waals surface area contributed by atoms with Gasteiger partial charge in [-0.2, -0.15) is 0 Å². The average Bonchev–Trinajstić information content (AvgIpc) is 3.14. The molecule has 1 fully saturated rings. The van der Waals surface area contributed by atoms with E-state index in [4.69, 9.17) is 18.6 Å². The lowest BCUT2D eigenvalue weighted by Gasteiger charge is -2.39. The second-order valence-electron chi connectivity index (χ2n) is 12.1. The summed E-state index contributed by atoms with van der Waals surface area (Å²) in [5.41, 5.74) is 3.17. The van der Waals surface area contributed by atoms with Gasteiger partial charge in [0.05, 0.1) is 7.11 Å². The topological polar surface area (TPSA) is 83.4 Å². The molecule has 206 valence electrons. The predicted octanol–water partition coefficient (Wildman–Crippen LogP) is 6.10. The van der Waals surface area contributed by atoms with Gasteiger partial charge < -0.3 is 23.7 Å². The molecule has 0 bridgehead atoms. The van der Waals surface area contributed by atoms with E-state index in [-0.39, 0.29) is 11.5 Å². The highest BCUT2D eigenvalue weighted by atomic mass is 32.2. The van der Waals surface area contributed by atoms with E-state index in [9.17, 15) is 9.35 Å². The van der Waals surface area contributed by atoms with Crippen LogP contribution in [0.25, 0.3) is 0 Å². The fraction of sp³-hybridized carbons (Fsp3) is 0.533. The van der Waals surface area contributed by atoms with Crippen LogP contribution < -0.4 is 9.47 Å². The summed E-state index contributed by atoms with van der Waals surface area (Å²) in [4.78, 5) is 14.5. The van der Waals surface area contributed by atoms with Crippen molar-refractivity contribution in [3.8, 4) is 11.5 Å². The molecule has 2 aliphatic rings. The Kier molecular flexibility index (Phi) is 8.05. The first-order chi connectivity index (χ1) is 17.8. The number of benzene rings is 2. The lowest BCUT2D eigenvalue weighted by atomic mass is 9.74. The number of likely N-dealkylation sites (tertiary alicyclic amines) is 1. The third-order valence-corrected chi connectivity index (χ3v) is 8.43. The molecule has 0 radical (unpaired) electrons. The first kappa shape index (κ1) is 28.3. The smallest absolute Gasteiger partial charge is 0.410 e. The quantitative estimate of drug-likeness (QED) is 0.428. The van der Waals surface area contributed by atoms with Gasteiger partial charge in [0, 0.05) is 29.6 Å². The maximum absolute atomic E-state index is 13.2. The minimum Gasteiger partial charge on any atom is -0.591 e. The average molecular weight is 541 g/mol. The maximum Gasteiger partial charge on any atom is 0.410 e. The van der Waals surface area contributed by atoms with Crippen molar-refractivity contribution in [1.29, 1.82) is 0 Å². The lowest BCUT2D eigenvalue weighted by Crippen LogP contribution is -2.47. The van der Waals surface area contributed by atoms with Gasteiger partial charge in [-0.05, 0) is 84.6 Å².